The first-order valence-corrected chi connectivity index (χ1v) is 6.32. The number of hydrogen-bond acceptors (Lipinski definition) is 3. The fourth-order valence-electron chi connectivity index (χ4n) is 2.37. The van der Waals surface area contributed by atoms with Crippen LogP contribution in [-0.4, -0.2) is 31.7 Å². The highest BCUT2D eigenvalue weighted by Gasteiger charge is 2.41. The van der Waals surface area contributed by atoms with Gasteiger partial charge < -0.3 is 15.8 Å². The molecule has 1 unspecified atom stereocenters. The zero-order chi connectivity index (χ0) is 11.4. The first-order chi connectivity index (χ1) is 7.74. The minimum absolute atomic E-state index is 0.134. The van der Waals surface area contributed by atoms with Crippen LogP contribution in [0.5, 0.6) is 0 Å². The van der Waals surface area contributed by atoms with Crippen molar-refractivity contribution in [3.8, 4) is 0 Å². The molecule has 0 spiro atoms. The van der Waals surface area contributed by atoms with Crippen molar-refractivity contribution in [3.63, 3.8) is 0 Å². The quantitative estimate of drug-likeness (QED) is 0.704. The molecule has 4 heteroatoms. The van der Waals surface area contributed by atoms with E-state index in [1.807, 2.05) is 0 Å². The van der Waals surface area contributed by atoms with Gasteiger partial charge in [0.15, 0.2) is 0 Å². The monoisotopic (exact) mass is 226 g/mol. The van der Waals surface area contributed by atoms with Gasteiger partial charge in [-0.1, -0.05) is 0 Å². The van der Waals surface area contributed by atoms with Crippen molar-refractivity contribution in [2.75, 3.05) is 19.7 Å². The van der Waals surface area contributed by atoms with Crippen LogP contribution in [0.2, 0.25) is 0 Å². The van der Waals surface area contributed by atoms with Crippen LogP contribution in [-0.2, 0) is 9.53 Å². The lowest BCUT2D eigenvalue weighted by atomic mass is 10.0. The van der Waals surface area contributed by atoms with Gasteiger partial charge in [0.1, 0.15) is 0 Å². The summed E-state index contributed by atoms with van der Waals surface area (Å²) in [5.74, 6) is 0.134. The number of nitrogens with two attached hydrogens (primary N) is 1. The predicted molar refractivity (Wildman–Crippen MR) is 61.9 cm³/mol. The van der Waals surface area contributed by atoms with E-state index in [4.69, 9.17) is 10.5 Å². The van der Waals surface area contributed by atoms with Gasteiger partial charge in [0, 0.05) is 13.2 Å². The third-order valence-electron chi connectivity index (χ3n) is 3.73. The predicted octanol–water partition coefficient (Wildman–Crippen LogP) is 0.801. The van der Waals surface area contributed by atoms with Crippen molar-refractivity contribution in [1.29, 1.82) is 0 Å². The molecular weight excluding hydrogens is 204 g/mol. The van der Waals surface area contributed by atoms with Crippen LogP contribution in [0, 0.1) is 5.41 Å². The fourth-order valence-corrected chi connectivity index (χ4v) is 2.37. The summed E-state index contributed by atoms with van der Waals surface area (Å²) in [6, 6.07) is 0. The smallest absolute Gasteiger partial charge is 0.222 e. The van der Waals surface area contributed by atoms with Crippen molar-refractivity contribution >= 4 is 5.91 Å². The van der Waals surface area contributed by atoms with Gasteiger partial charge in [-0.15, -0.1) is 0 Å². The van der Waals surface area contributed by atoms with Crippen LogP contribution in [0.3, 0.4) is 0 Å². The SMILES string of the molecule is NCCC1(CNC(=O)CC2CCCO2)CC1. The summed E-state index contributed by atoms with van der Waals surface area (Å²) < 4.78 is 5.44. The highest BCUT2D eigenvalue weighted by molar-refractivity contribution is 5.76. The van der Waals surface area contributed by atoms with Gasteiger partial charge in [-0.25, -0.2) is 0 Å². The summed E-state index contributed by atoms with van der Waals surface area (Å²) in [5, 5.41) is 3.02. The van der Waals surface area contributed by atoms with Gasteiger partial charge in [0.2, 0.25) is 5.91 Å². The molecule has 0 radical (unpaired) electrons. The third-order valence-corrected chi connectivity index (χ3v) is 3.73. The lowest BCUT2D eigenvalue weighted by molar-refractivity contribution is -0.123. The van der Waals surface area contributed by atoms with E-state index in [1.165, 1.54) is 12.8 Å². The van der Waals surface area contributed by atoms with Crippen LogP contribution in [0.25, 0.3) is 0 Å². The Labute approximate surface area is 96.9 Å². The Bertz CT molecular complexity index is 245. The van der Waals surface area contributed by atoms with E-state index in [1.54, 1.807) is 0 Å². The van der Waals surface area contributed by atoms with E-state index in [2.05, 4.69) is 5.32 Å². The minimum atomic E-state index is 0.134. The van der Waals surface area contributed by atoms with Crippen LogP contribution in [0.4, 0.5) is 0 Å². The van der Waals surface area contributed by atoms with E-state index in [9.17, 15) is 4.79 Å². The Kier molecular flexibility index (Phi) is 3.82. The van der Waals surface area contributed by atoms with Crippen molar-refractivity contribution in [1.82, 2.24) is 5.32 Å². The Morgan fingerprint density at radius 2 is 2.31 bits per heavy atom. The van der Waals surface area contributed by atoms with E-state index >= 15 is 0 Å². The van der Waals surface area contributed by atoms with E-state index in [0.717, 1.165) is 39.0 Å². The van der Waals surface area contributed by atoms with E-state index in [-0.39, 0.29) is 12.0 Å². The number of carbonyl (C=O) groups is 1. The molecule has 0 bridgehead atoms. The number of carbonyl (C=O) groups excluding carboxylic acids is 1. The summed E-state index contributed by atoms with van der Waals surface area (Å²) in [7, 11) is 0. The number of hydrogen-bond donors (Lipinski definition) is 2. The second-order valence-electron chi connectivity index (χ2n) is 5.15. The summed E-state index contributed by atoms with van der Waals surface area (Å²) >= 11 is 0. The van der Waals surface area contributed by atoms with Crippen molar-refractivity contribution in [3.05, 3.63) is 0 Å². The summed E-state index contributed by atoms with van der Waals surface area (Å²) in [5.41, 5.74) is 5.89. The highest BCUT2D eigenvalue weighted by Crippen LogP contribution is 2.47. The maximum atomic E-state index is 11.7. The third kappa shape index (κ3) is 3.19. The second-order valence-corrected chi connectivity index (χ2v) is 5.15. The molecule has 4 nitrogen and oxygen atoms in total. The molecule has 2 fully saturated rings. The summed E-state index contributed by atoms with van der Waals surface area (Å²) in [6.45, 7) is 2.34. The number of ether oxygens (including phenoxy) is 1. The molecule has 1 heterocycles. The van der Waals surface area contributed by atoms with E-state index < -0.39 is 0 Å². The lowest BCUT2D eigenvalue weighted by Crippen LogP contribution is -2.33. The zero-order valence-corrected chi connectivity index (χ0v) is 9.84. The Balaban J connectivity index is 1.63. The number of rotatable bonds is 6. The Morgan fingerprint density at radius 1 is 1.50 bits per heavy atom. The Hall–Kier alpha value is -0.610. The standard InChI is InChI=1S/C12H22N2O2/c13-6-5-12(3-4-12)9-14-11(15)8-10-2-1-7-16-10/h10H,1-9,13H2,(H,14,15). The molecule has 1 aliphatic heterocycles. The van der Waals surface area contributed by atoms with Gasteiger partial charge >= 0.3 is 0 Å². The van der Waals surface area contributed by atoms with E-state index in [0.29, 0.717) is 11.8 Å². The van der Waals surface area contributed by atoms with Crippen molar-refractivity contribution in [2.45, 2.75) is 44.6 Å². The van der Waals surface area contributed by atoms with Crippen LogP contribution in [0.1, 0.15) is 38.5 Å². The average molecular weight is 226 g/mol. The first-order valence-electron chi connectivity index (χ1n) is 6.32. The molecule has 1 amide bonds. The molecule has 0 aromatic rings. The van der Waals surface area contributed by atoms with Crippen LogP contribution in [0.15, 0.2) is 0 Å². The fraction of sp³-hybridized carbons (Fsp3) is 0.917. The molecule has 1 saturated heterocycles. The summed E-state index contributed by atoms with van der Waals surface area (Å²) in [4.78, 5) is 11.7. The molecule has 0 aromatic heterocycles. The molecule has 1 atom stereocenters. The second kappa shape index (κ2) is 5.15. The van der Waals surface area contributed by atoms with Gasteiger partial charge in [0.05, 0.1) is 12.5 Å². The largest absolute Gasteiger partial charge is 0.378 e. The molecular formula is C12H22N2O2. The Morgan fingerprint density at radius 3 is 2.88 bits per heavy atom. The maximum absolute atomic E-state index is 11.7. The molecule has 2 rings (SSSR count). The average Bonchev–Trinajstić information content (AvgIpc) is 2.83. The molecule has 1 aliphatic carbocycles. The van der Waals surface area contributed by atoms with Crippen molar-refractivity contribution in [2.24, 2.45) is 11.1 Å². The molecule has 1 saturated carbocycles. The minimum Gasteiger partial charge on any atom is -0.378 e. The first kappa shape index (κ1) is 11.9. The molecule has 0 aromatic carbocycles. The summed E-state index contributed by atoms with van der Waals surface area (Å²) in [6.07, 6.45) is 6.27. The van der Waals surface area contributed by atoms with Gasteiger partial charge in [-0.2, -0.15) is 0 Å². The molecule has 92 valence electrons. The topological polar surface area (TPSA) is 64.3 Å². The normalized spacial score (nSPS) is 26.7. The lowest BCUT2D eigenvalue weighted by Gasteiger charge is -2.16. The zero-order valence-electron chi connectivity index (χ0n) is 9.84. The van der Waals surface area contributed by atoms with Gasteiger partial charge in [-0.05, 0) is 44.1 Å². The van der Waals surface area contributed by atoms with Crippen LogP contribution >= 0.6 is 0 Å². The van der Waals surface area contributed by atoms with Crippen LogP contribution < -0.4 is 11.1 Å². The maximum Gasteiger partial charge on any atom is 0.222 e. The van der Waals surface area contributed by atoms with Gasteiger partial charge in [0.25, 0.3) is 0 Å². The highest BCUT2D eigenvalue weighted by atomic mass is 16.5. The number of amides is 1. The van der Waals surface area contributed by atoms with Gasteiger partial charge in [-0.3, -0.25) is 4.79 Å². The molecule has 16 heavy (non-hydrogen) atoms. The number of nitrogens with one attached hydrogen (secondary N) is 1. The molecule has 2 aliphatic rings. The van der Waals surface area contributed by atoms with Crippen molar-refractivity contribution < 1.29 is 9.53 Å². The molecule has 3 N–H and O–H groups in total.